The number of fused-ring (bicyclic) bond motifs is 1. The molecule has 0 atom stereocenters. The van der Waals surface area contributed by atoms with E-state index in [1.54, 1.807) is 12.3 Å². The first kappa shape index (κ1) is 14.8. The summed E-state index contributed by atoms with van der Waals surface area (Å²) >= 11 is 3.43. The third-order valence-electron chi connectivity index (χ3n) is 3.52. The van der Waals surface area contributed by atoms with E-state index >= 15 is 0 Å². The summed E-state index contributed by atoms with van der Waals surface area (Å²) in [5, 5.41) is 3.60. The van der Waals surface area contributed by atoms with Crippen LogP contribution in [0.5, 0.6) is 0 Å². The third kappa shape index (κ3) is 3.04. The van der Waals surface area contributed by atoms with Gasteiger partial charge in [0.05, 0.1) is 6.42 Å². The predicted molar refractivity (Wildman–Crippen MR) is 89.5 cm³/mol. The standard InChI is InChI=1S/C17H14BrFN2O/c1-10-6-13(3-4-15(10)18)21-17(22)7-11-9-20-16-5-2-12(19)8-14(11)16/h2-6,8-9,20H,7H2,1H3,(H,21,22). The van der Waals surface area contributed by atoms with Gasteiger partial charge in [-0.3, -0.25) is 4.79 Å². The van der Waals surface area contributed by atoms with Crippen LogP contribution in [-0.2, 0) is 11.2 Å². The molecule has 0 aliphatic rings. The van der Waals surface area contributed by atoms with Crippen LogP contribution in [0.15, 0.2) is 47.1 Å². The molecular weight excluding hydrogens is 347 g/mol. The molecule has 5 heteroatoms. The van der Waals surface area contributed by atoms with E-state index in [-0.39, 0.29) is 18.1 Å². The monoisotopic (exact) mass is 360 g/mol. The number of H-pyrrole nitrogens is 1. The zero-order valence-corrected chi connectivity index (χ0v) is 13.5. The number of carbonyl (C=O) groups is 1. The second kappa shape index (κ2) is 5.93. The Morgan fingerprint density at radius 1 is 1.27 bits per heavy atom. The van der Waals surface area contributed by atoms with Gasteiger partial charge in [-0.25, -0.2) is 4.39 Å². The number of aromatic amines is 1. The molecule has 112 valence electrons. The Hall–Kier alpha value is -2.14. The molecule has 1 aromatic heterocycles. The van der Waals surface area contributed by atoms with Crippen molar-refractivity contribution >= 4 is 38.4 Å². The molecule has 0 fully saturated rings. The number of aromatic nitrogens is 1. The summed E-state index contributed by atoms with van der Waals surface area (Å²) < 4.78 is 14.3. The molecule has 0 unspecified atom stereocenters. The average molecular weight is 361 g/mol. The highest BCUT2D eigenvalue weighted by molar-refractivity contribution is 9.10. The molecule has 0 radical (unpaired) electrons. The smallest absolute Gasteiger partial charge is 0.228 e. The molecule has 2 aromatic carbocycles. The summed E-state index contributed by atoms with van der Waals surface area (Å²) in [6.07, 6.45) is 1.94. The van der Waals surface area contributed by atoms with Crippen molar-refractivity contribution < 1.29 is 9.18 Å². The number of halogens is 2. The van der Waals surface area contributed by atoms with Crippen molar-refractivity contribution in [2.45, 2.75) is 13.3 Å². The number of amides is 1. The zero-order chi connectivity index (χ0) is 15.7. The first-order valence-electron chi connectivity index (χ1n) is 6.84. The van der Waals surface area contributed by atoms with Gasteiger partial charge in [-0.15, -0.1) is 0 Å². The summed E-state index contributed by atoms with van der Waals surface area (Å²) in [4.78, 5) is 15.2. The first-order valence-corrected chi connectivity index (χ1v) is 7.64. The van der Waals surface area contributed by atoms with E-state index in [4.69, 9.17) is 0 Å². The maximum atomic E-state index is 13.3. The summed E-state index contributed by atoms with van der Waals surface area (Å²) in [5.41, 5.74) is 3.40. The lowest BCUT2D eigenvalue weighted by Crippen LogP contribution is -2.14. The molecule has 0 saturated heterocycles. The highest BCUT2D eigenvalue weighted by Crippen LogP contribution is 2.22. The van der Waals surface area contributed by atoms with Crippen molar-refractivity contribution in [1.82, 2.24) is 4.98 Å². The molecule has 2 N–H and O–H groups in total. The Morgan fingerprint density at radius 3 is 2.86 bits per heavy atom. The summed E-state index contributed by atoms with van der Waals surface area (Å²) in [6.45, 7) is 1.96. The topological polar surface area (TPSA) is 44.9 Å². The largest absolute Gasteiger partial charge is 0.361 e. The number of carbonyl (C=O) groups excluding carboxylic acids is 1. The highest BCUT2D eigenvalue weighted by Gasteiger charge is 2.10. The maximum absolute atomic E-state index is 13.3. The Morgan fingerprint density at radius 2 is 2.09 bits per heavy atom. The molecule has 3 rings (SSSR count). The van der Waals surface area contributed by atoms with Crippen LogP contribution in [0.3, 0.4) is 0 Å². The minimum atomic E-state index is -0.308. The van der Waals surface area contributed by atoms with Crippen molar-refractivity contribution in [3.8, 4) is 0 Å². The van der Waals surface area contributed by atoms with E-state index in [1.165, 1.54) is 12.1 Å². The van der Waals surface area contributed by atoms with Gasteiger partial charge in [0.1, 0.15) is 5.82 Å². The van der Waals surface area contributed by atoms with E-state index in [1.807, 2.05) is 25.1 Å². The van der Waals surface area contributed by atoms with Crippen LogP contribution in [0.1, 0.15) is 11.1 Å². The quantitative estimate of drug-likeness (QED) is 0.706. The number of aryl methyl sites for hydroxylation is 1. The third-order valence-corrected chi connectivity index (χ3v) is 4.41. The molecule has 0 aliphatic heterocycles. The maximum Gasteiger partial charge on any atom is 0.228 e. The van der Waals surface area contributed by atoms with Crippen LogP contribution < -0.4 is 5.32 Å². The van der Waals surface area contributed by atoms with Crippen LogP contribution in [0.4, 0.5) is 10.1 Å². The molecule has 1 heterocycles. The molecule has 22 heavy (non-hydrogen) atoms. The summed E-state index contributed by atoms with van der Waals surface area (Å²) in [5.74, 6) is -0.441. The Bertz CT molecular complexity index is 857. The average Bonchev–Trinajstić information content (AvgIpc) is 2.85. The SMILES string of the molecule is Cc1cc(NC(=O)Cc2c[nH]c3ccc(F)cc23)ccc1Br. The van der Waals surface area contributed by atoms with Gasteiger partial charge in [-0.05, 0) is 54.4 Å². The molecule has 0 aliphatic carbocycles. The number of hydrogen-bond acceptors (Lipinski definition) is 1. The van der Waals surface area contributed by atoms with Gasteiger partial charge in [0, 0.05) is 27.3 Å². The van der Waals surface area contributed by atoms with Gasteiger partial charge >= 0.3 is 0 Å². The fourth-order valence-corrected chi connectivity index (χ4v) is 2.64. The van der Waals surface area contributed by atoms with Crippen molar-refractivity contribution in [2.75, 3.05) is 5.32 Å². The predicted octanol–water partition coefficient (Wildman–Crippen LogP) is 4.56. The normalized spacial score (nSPS) is 10.9. The van der Waals surface area contributed by atoms with E-state index < -0.39 is 0 Å². The van der Waals surface area contributed by atoms with Gasteiger partial charge in [0.15, 0.2) is 0 Å². The lowest BCUT2D eigenvalue weighted by Gasteiger charge is -2.07. The lowest BCUT2D eigenvalue weighted by atomic mass is 10.1. The summed E-state index contributed by atoms with van der Waals surface area (Å²) in [6, 6.07) is 10.1. The molecule has 0 spiro atoms. The van der Waals surface area contributed by atoms with E-state index in [9.17, 15) is 9.18 Å². The van der Waals surface area contributed by atoms with Crippen LogP contribution in [0.2, 0.25) is 0 Å². The number of rotatable bonds is 3. The van der Waals surface area contributed by atoms with Crippen molar-refractivity contribution in [2.24, 2.45) is 0 Å². The zero-order valence-electron chi connectivity index (χ0n) is 11.9. The Balaban J connectivity index is 1.78. The highest BCUT2D eigenvalue weighted by atomic mass is 79.9. The molecule has 3 nitrogen and oxygen atoms in total. The Kier molecular flexibility index (Phi) is 3.98. The van der Waals surface area contributed by atoms with Gasteiger partial charge in [0.25, 0.3) is 0 Å². The van der Waals surface area contributed by atoms with Gasteiger partial charge in [-0.2, -0.15) is 0 Å². The number of anilines is 1. The van der Waals surface area contributed by atoms with Crippen LogP contribution in [0.25, 0.3) is 10.9 Å². The molecular formula is C17H14BrFN2O. The minimum absolute atomic E-state index is 0.133. The second-order valence-electron chi connectivity index (χ2n) is 5.19. The Labute approximate surface area is 135 Å². The van der Waals surface area contributed by atoms with E-state index in [0.717, 1.165) is 32.2 Å². The molecule has 1 amide bonds. The van der Waals surface area contributed by atoms with Gasteiger partial charge in [0.2, 0.25) is 5.91 Å². The lowest BCUT2D eigenvalue weighted by molar-refractivity contribution is -0.115. The number of hydrogen-bond donors (Lipinski definition) is 2. The number of benzene rings is 2. The molecule has 3 aromatic rings. The minimum Gasteiger partial charge on any atom is -0.361 e. The van der Waals surface area contributed by atoms with Crippen LogP contribution in [0, 0.1) is 12.7 Å². The van der Waals surface area contributed by atoms with E-state index in [2.05, 4.69) is 26.2 Å². The van der Waals surface area contributed by atoms with Crippen molar-refractivity contribution in [3.63, 3.8) is 0 Å². The first-order chi connectivity index (χ1) is 10.5. The molecule has 0 bridgehead atoms. The fraction of sp³-hybridized carbons (Fsp3) is 0.118. The van der Waals surface area contributed by atoms with Gasteiger partial charge in [-0.1, -0.05) is 15.9 Å². The molecule has 0 saturated carbocycles. The number of nitrogens with one attached hydrogen (secondary N) is 2. The fourth-order valence-electron chi connectivity index (χ4n) is 2.40. The summed E-state index contributed by atoms with van der Waals surface area (Å²) in [7, 11) is 0. The van der Waals surface area contributed by atoms with Crippen LogP contribution in [-0.4, -0.2) is 10.9 Å². The van der Waals surface area contributed by atoms with Crippen LogP contribution >= 0.6 is 15.9 Å². The van der Waals surface area contributed by atoms with Gasteiger partial charge < -0.3 is 10.3 Å². The van der Waals surface area contributed by atoms with Crippen molar-refractivity contribution in [1.29, 1.82) is 0 Å². The second-order valence-corrected chi connectivity index (χ2v) is 6.05. The van der Waals surface area contributed by atoms with Crippen molar-refractivity contribution in [3.05, 3.63) is 64.0 Å². The van der Waals surface area contributed by atoms with E-state index in [0.29, 0.717) is 0 Å².